The van der Waals surface area contributed by atoms with Gasteiger partial charge in [0.15, 0.2) is 0 Å². The molecule has 1 amide bonds. The fraction of sp³-hybridized carbons (Fsp3) is 0.714. The van der Waals surface area contributed by atoms with Crippen LogP contribution in [0.1, 0.15) is 29.4 Å². The van der Waals surface area contributed by atoms with Crippen molar-refractivity contribution in [1.29, 1.82) is 0 Å². The molecule has 0 saturated carbocycles. The van der Waals surface area contributed by atoms with Gasteiger partial charge in [-0.25, -0.2) is 0 Å². The number of aliphatic hydroxyl groups is 2. The third kappa shape index (κ3) is 3.61. The topological polar surface area (TPSA) is 96.0 Å². The van der Waals surface area contributed by atoms with Gasteiger partial charge in [0.2, 0.25) is 0 Å². The molecule has 0 bridgehead atoms. The molecular formula is C14H22N2O5. The molecule has 21 heavy (non-hydrogen) atoms. The number of ether oxygens (including phenoxy) is 1. The highest BCUT2D eigenvalue weighted by atomic mass is 16.5. The fourth-order valence-corrected chi connectivity index (χ4v) is 2.51. The van der Waals surface area contributed by atoms with Crippen LogP contribution in [0.25, 0.3) is 0 Å². The van der Waals surface area contributed by atoms with Gasteiger partial charge in [-0.05, 0) is 13.3 Å². The molecule has 0 aromatic carbocycles. The maximum atomic E-state index is 12.5. The first kappa shape index (κ1) is 15.9. The van der Waals surface area contributed by atoms with Crippen molar-refractivity contribution in [1.82, 2.24) is 10.1 Å². The quantitative estimate of drug-likeness (QED) is 0.806. The Morgan fingerprint density at radius 3 is 2.86 bits per heavy atom. The number of amides is 1. The molecule has 1 aliphatic heterocycles. The number of carbonyl (C=O) groups excluding carboxylic acids is 1. The summed E-state index contributed by atoms with van der Waals surface area (Å²) in [6.07, 6.45) is 0.347. The number of rotatable bonds is 5. The number of aliphatic hydroxyl groups excluding tert-OH is 2. The van der Waals surface area contributed by atoms with Crippen molar-refractivity contribution in [2.75, 3.05) is 26.3 Å². The molecule has 1 aromatic heterocycles. The third-order valence-electron chi connectivity index (χ3n) is 3.71. The molecule has 7 nitrogen and oxygen atoms in total. The number of aromatic nitrogens is 1. The Morgan fingerprint density at radius 2 is 2.24 bits per heavy atom. The van der Waals surface area contributed by atoms with E-state index in [-0.39, 0.29) is 18.4 Å². The molecule has 1 aromatic rings. The van der Waals surface area contributed by atoms with Crippen LogP contribution in [0.2, 0.25) is 0 Å². The van der Waals surface area contributed by atoms with E-state index in [0.717, 1.165) is 6.42 Å². The van der Waals surface area contributed by atoms with Crippen LogP contribution in [0.15, 0.2) is 10.8 Å². The zero-order valence-corrected chi connectivity index (χ0v) is 12.4. The smallest absolute Gasteiger partial charge is 0.259 e. The van der Waals surface area contributed by atoms with Crippen LogP contribution in [-0.4, -0.2) is 64.7 Å². The maximum absolute atomic E-state index is 12.5. The fourth-order valence-electron chi connectivity index (χ4n) is 2.51. The van der Waals surface area contributed by atoms with E-state index >= 15 is 0 Å². The van der Waals surface area contributed by atoms with Gasteiger partial charge in [-0.2, -0.15) is 0 Å². The van der Waals surface area contributed by atoms with Crippen molar-refractivity contribution < 1.29 is 24.3 Å². The predicted octanol–water partition coefficient (Wildman–Crippen LogP) is 0.203. The van der Waals surface area contributed by atoms with Crippen molar-refractivity contribution in [3.8, 4) is 0 Å². The highest BCUT2D eigenvalue weighted by Crippen LogP contribution is 2.19. The zero-order valence-electron chi connectivity index (χ0n) is 12.4. The molecule has 118 valence electrons. The van der Waals surface area contributed by atoms with E-state index in [1.165, 1.54) is 6.26 Å². The SMILES string of the molecule is CCCN(C[C@@H]1COC[C@@H](O)[C@H]1O)C(=O)c1conc1C. The Bertz CT molecular complexity index is 476. The van der Waals surface area contributed by atoms with Crippen molar-refractivity contribution in [2.24, 2.45) is 5.92 Å². The van der Waals surface area contributed by atoms with Crippen molar-refractivity contribution in [3.63, 3.8) is 0 Å². The van der Waals surface area contributed by atoms with Gasteiger partial charge in [0, 0.05) is 19.0 Å². The first-order chi connectivity index (χ1) is 10.0. The lowest BCUT2D eigenvalue weighted by Crippen LogP contribution is -2.49. The minimum Gasteiger partial charge on any atom is -0.390 e. The maximum Gasteiger partial charge on any atom is 0.259 e. The van der Waals surface area contributed by atoms with Gasteiger partial charge in [-0.3, -0.25) is 4.79 Å². The van der Waals surface area contributed by atoms with Crippen LogP contribution >= 0.6 is 0 Å². The zero-order chi connectivity index (χ0) is 15.4. The summed E-state index contributed by atoms with van der Waals surface area (Å²) in [4.78, 5) is 14.2. The Kier molecular flexibility index (Phi) is 5.33. The number of hydrogen-bond acceptors (Lipinski definition) is 6. The molecule has 0 unspecified atom stereocenters. The second kappa shape index (κ2) is 7.02. The van der Waals surface area contributed by atoms with Gasteiger partial charge in [-0.1, -0.05) is 12.1 Å². The Balaban J connectivity index is 2.08. The summed E-state index contributed by atoms with van der Waals surface area (Å²) in [5.74, 6) is -0.479. The number of hydrogen-bond donors (Lipinski definition) is 2. The molecule has 1 saturated heterocycles. The van der Waals surface area contributed by atoms with E-state index in [1.54, 1.807) is 11.8 Å². The predicted molar refractivity (Wildman–Crippen MR) is 73.8 cm³/mol. The van der Waals surface area contributed by atoms with Crippen LogP contribution in [0, 0.1) is 12.8 Å². The largest absolute Gasteiger partial charge is 0.390 e. The van der Waals surface area contributed by atoms with Crippen molar-refractivity contribution >= 4 is 5.91 Å². The molecule has 1 aliphatic rings. The molecule has 0 radical (unpaired) electrons. The molecule has 3 atom stereocenters. The standard InChI is InChI=1S/C14H22N2O5/c1-3-4-16(14(19)11-7-21-15-9(11)2)5-10-6-20-8-12(17)13(10)18/h7,10,12-13,17-18H,3-6,8H2,1-2H3/t10-,12-,13+/m1/s1. The van der Waals surface area contributed by atoms with E-state index < -0.39 is 12.2 Å². The summed E-state index contributed by atoms with van der Waals surface area (Å²) in [6.45, 7) is 5.03. The van der Waals surface area contributed by atoms with Crippen LogP contribution in [0.5, 0.6) is 0 Å². The molecule has 2 rings (SSSR count). The van der Waals surface area contributed by atoms with Crippen LogP contribution < -0.4 is 0 Å². The van der Waals surface area contributed by atoms with E-state index in [0.29, 0.717) is 31.0 Å². The van der Waals surface area contributed by atoms with Crippen LogP contribution in [0.4, 0.5) is 0 Å². The van der Waals surface area contributed by atoms with Gasteiger partial charge in [0.05, 0.1) is 25.0 Å². The lowest BCUT2D eigenvalue weighted by Gasteiger charge is -2.35. The lowest BCUT2D eigenvalue weighted by molar-refractivity contribution is -0.124. The minimum absolute atomic E-state index is 0.129. The number of nitrogens with zero attached hydrogens (tertiary/aromatic N) is 2. The van der Waals surface area contributed by atoms with Crippen LogP contribution in [-0.2, 0) is 4.74 Å². The second-order valence-electron chi connectivity index (χ2n) is 5.42. The van der Waals surface area contributed by atoms with Crippen molar-refractivity contribution in [2.45, 2.75) is 32.5 Å². The first-order valence-electron chi connectivity index (χ1n) is 7.18. The Labute approximate surface area is 123 Å². The van der Waals surface area contributed by atoms with Crippen molar-refractivity contribution in [3.05, 3.63) is 17.5 Å². The third-order valence-corrected chi connectivity index (χ3v) is 3.71. The van der Waals surface area contributed by atoms with Crippen LogP contribution in [0.3, 0.4) is 0 Å². The highest BCUT2D eigenvalue weighted by Gasteiger charge is 2.34. The average Bonchev–Trinajstić information content (AvgIpc) is 2.88. The highest BCUT2D eigenvalue weighted by molar-refractivity contribution is 5.94. The first-order valence-corrected chi connectivity index (χ1v) is 7.18. The second-order valence-corrected chi connectivity index (χ2v) is 5.42. The Hall–Kier alpha value is -1.44. The molecule has 0 spiro atoms. The van der Waals surface area contributed by atoms with E-state index in [9.17, 15) is 15.0 Å². The number of carbonyl (C=O) groups is 1. The molecule has 2 heterocycles. The average molecular weight is 298 g/mol. The van der Waals surface area contributed by atoms with Gasteiger partial charge in [0.1, 0.15) is 17.9 Å². The summed E-state index contributed by atoms with van der Waals surface area (Å²) in [7, 11) is 0. The van der Waals surface area contributed by atoms with E-state index in [2.05, 4.69) is 5.16 Å². The molecule has 7 heteroatoms. The van der Waals surface area contributed by atoms with Gasteiger partial charge < -0.3 is 24.4 Å². The summed E-state index contributed by atoms with van der Waals surface area (Å²) < 4.78 is 10.1. The molecular weight excluding hydrogens is 276 g/mol. The monoisotopic (exact) mass is 298 g/mol. The normalized spacial score (nSPS) is 25.8. The number of aryl methyl sites for hydroxylation is 1. The Morgan fingerprint density at radius 1 is 1.48 bits per heavy atom. The van der Waals surface area contributed by atoms with Gasteiger partial charge in [-0.15, -0.1) is 0 Å². The summed E-state index contributed by atoms with van der Waals surface area (Å²) in [6, 6.07) is 0. The molecule has 0 aliphatic carbocycles. The molecule has 1 fully saturated rings. The summed E-state index contributed by atoms with van der Waals surface area (Å²) in [5, 5.41) is 23.4. The summed E-state index contributed by atoms with van der Waals surface area (Å²) in [5.41, 5.74) is 0.969. The molecule has 2 N–H and O–H groups in total. The van der Waals surface area contributed by atoms with Gasteiger partial charge >= 0.3 is 0 Å². The van der Waals surface area contributed by atoms with Gasteiger partial charge in [0.25, 0.3) is 5.91 Å². The van der Waals surface area contributed by atoms with E-state index in [4.69, 9.17) is 9.26 Å². The summed E-state index contributed by atoms with van der Waals surface area (Å²) >= 11 is 0. The minimum atomic E-state index is -0.903. The van der Waals surface area contributed by atoms with E-state index in [1.807, 2.05) is 6.92 Å². The lowest BCUT2D eigenvalue weighted by atomic mass is 9.95.